The van der Waals surface area contributed by atoms with Gasteiger partial charge in [0.2, 0.25) is 0 Å². The van der Waals surface area contributed by atoms with Crippen molar-refractivity contribution < 1.29 is 0 Å². The second kappa shape index (κ2) is 4.72. The van der Waals surface area contributed by atoms with E-state index < -0.39 is 0 Å². The maximum atomic E-state index is 5.00. The summed E-state index contributed by atoms with van der Waals surface area (Å²) in [7, 11) is 0. The highest BCUT2D eigenvalue weighted by molar-refractivity contribution is 6.10. The minimum atomic E-state index is 0.255. The van der Waals surface area contributed by atoms with Crippen molar-refractivity contribution in [2.75, 3.05) is 6.54 Å². The molecule has 3 rings (SSSR count). The molecule has 1 aromatic rings. The van der Waals surface area contributed by atoms with Crippen LogP contribution in [0.15, 0.2) is 29.3 Å². The van der Waals surface area contributed by atoms with Gasteiger partial charge >= 0.3 is 0 Å². The Kier molecular flexibility index (Phi) is 3.27. The van der Waals surface area contributed by atoms with Crippen molar-refractivity contribution in [3.8, 4) is 0 Å². The number of hydrogen-bond acceptors (Lipinski definition) is 1. The maximum Gasteiger partial charge on any atom is 0.0496 e. The van der Waals surface area contributed by atoms with Gasteiger partial charge in [-0.05, 0) is 42.2 Å². The number of nitrogens with zero attached hydrogens (tertiary/aromatic N) is 1. The Balaban J connectivity index is 2.26. The first-order chi connectivity index (χ1) is 9.52. The zero-order valence-electron chi connectivity index (χ0n) is 13.4. The van der Waals surface area contributed by atoms with E-state index in [0.29, 0.717) is 5.92 Å². The maximum absolute atomic E-state index is 5.00. The summed E-state index contributed by atoms with van der Waals surface area (Å²) in [4.78, 5) is 5.00. The van der Waals surface area contributed by atoms with Gasteiger partial charge in [0.25, 0.3) is 0 Å². The molecule has 2 aliphatic rings. The van der Waals surface area contributed by atoms with Gasteiger partial charge in [-0.25, -0.2) is 0 Å². The van der Waals surface area contributed by atoms with Crippen molar-refractivity contribution in [2.24, 2.45) is 15.8 Å². The quantitative estimate of drug-likeness (QED) is 0.664. The Morgan fingerprint density at radius 3 is 2.65 bits per heavy atom. The molecule has 0 N–H and O–H groups in total. The predicted octanol–water partition coefficient (Wildman–Crippen LogP) is 5.20. The van der Waals surface area contributed by atoms with E-state index in [1.165, 1.54) is 37.0 Å². The molecule has 0 aromatic heterocycles. The molecule has 0 amide bonds. The second-order valence-corrected chi connectivity index (χ2v) is 7.43. The van der Waals surface area contributed by atoms with E-state index in [9.17, 15) is 0 Å². The molecule has 1 aromatic carbocycles. The van der Waals surface area contributed by atoms with Crippen molar-refractivity contribution in [3.05, 3.63) is 35.4 Å². The van der Waals surface area contributed by atoms with E-state index in [-0.39, 0.29) is 10.8 Å². The van der Waals surface area contributed by atoms with Crippen LogP contribution in [0, 0.1) is 10.8 Å². The van der Waals surface area contributed by atoms with Gasteiger partial charge in [0.15, 0.2) is 0 Å². The first kappa shape index (κ1) is 13.9. The Labute approximate surface area is 123 Å². The monoisotopic (exact) mass is 269 g/mol. The van der Waals surface area contributed by atoms with Crippen LogP contribution in [-0.4, -0.2) is 12.3 Å². The lowest BCUT2D eigenvalue weighted by atomic mass is 9.54. The Morgan fingerprint density at radius 2 is 1.95 bits per heavy atom. The Bertz CT molecular complexity index is 535. The number of rotatable bonds is 1. The second-order valence-electron chi connectivity index (χ2n) is 7.43. The molecule has 1 heteroatoms. The molecule has 0 saturated heterocycles. The normalized spacial score (nSPS) is 31.2. The molecule has 1 nitrogen and oxygen atoms in total. The van der Waals surface area contributed by atoms with Crippen molar-refractivity contribution in [3.63, 3.8) is 0 Å². The lowest BCUT2D eigenvalue weighted by Gasteiger charge is -2.49. The Morgan fingerprint density at radius 1 is 1.20 bits per heavy atom. The molecule has 0 aliphatic heterocycles. The summed E-state index contributed by atoms with van der Waals surface area (Å²) < 4.78 is 0. The van der Waals surface area contributed by atoms with Gasteiger partial charge in [-0.3, -0.25) is 4.99 Å². The first-order valence-corrected chi connectivity index (χ1v) is 8.16. The van der Waals surface area contributed by atoms with Crippen LogP contribution in [0.25, 0.3) is 0 Å². The van der Waals surface area contributed by atoms with Crippen LogP contribution in [0.2, 0.25) is 0 Å². The summed E-state index contributed by atoms with van der Waals surface area (Å²) in [6.07, 6.45) is 5.35. The van der Waals surface area contributed by atoms with E-state index in [2.05, 4.69) is 52.0 Å². The standard InChI is InChI=1S/C19H27N/c1-5-20-17-15-11-7-6-10-14(15)16-12-8-9-13-19(16,17)18(2,3)4/h6-7,10-11,16H,5,8-9,12-13H2,1-4H3. The summed E-state index contributed by atoms with van der Waals surface area (Å²) in [5, 5.41) is 0. The first-order valence-electron chi connectivity index (χ1n) is 8.16. The third-order valence-electron chi connectivity index (χ3n) is 5.58. The highest BCUT2D eigenvalue weighted by Crippen LogP contribution is 2.63. The zero-order chi connectivity index (χ0) is 14.4. The van der Waals surface area contributed by atoms with Crippen molar-refractivity contribution in [2.45, 2.75) is 59.3 Å². The minimum absolute atomic E-state index is 0.255. The highest BCUT2D eigenvalue weighted by atomic mass is 14.8. The van der Waals surface area contributed by atoms with Crippen molar-refractivity contribution in [1.29, 1.82) is 0 Å². The molecule has 1 fully saturated rings. The molecule has 2 aliphatic carbocycles. The van der Waals surface area contributed by atoms with Crippen LogP contribution in [-0.2, 0) is 0 Å². The number of benzene rings is 1. The average molecular weight is 269 g/mol. The van der Waals surface area contributed by atoms with Crippen LogP contribution in [0.4, 0.5) is 0 Å². The zero-order valence-corrected chi connectivity index (χ0v) is 13.4. The van der Waals surface area contributed by atoms with Crippen LogP contribution in [0.3, 0.4) is 0 Å². The lowest BCUT2D eigenvalue weighted by Crippen LogP contribution is -2.45. The molecule has 0 heterocycles. The smallest absolute Gasteiger partial charge is 0.0496 e. The van der Waals surface area contributed by atoms with Crippen molar-refractivity contribution in [1.82, 2.24) is 0 Å². The summed E-state index contributed by atoms with van der Waals surface area (Å²) in [5.41, 5.74) is 4.94. The molecule has 2 atom stereocenters. The molecule has 1 saturated carbocycles. The summed E-state index contributed by atoms with van der Waals surface area (Å²) in [6.45, 7) is 10.3. The van der Waals surface area contributed by atoms with Crippen LogP contribution >= 0.6 is 0 Å². The molecule has 0 spiro atoms. The van der Waals surface area contributed by atoms with E-state index in [1.807, 2.05) is 0 Å². The molecular weight excluding hydrogens is 242 g/mol. The van der Waals surface area contributed by atoms with Gasteiger partial charge in [0.05, 0.1) is 0 Å². The van der Waals surface area contributed by atoms with Crippen molar-refractivity contribution >= 4 is 5.71 Å². The molecular formula is C19H27N. The fourth-order valence-corrected chi connectivity index (χ4v) is 4.77. The summed E-state index contributed by atoms with van der Waals surface area (Å²) in [6, 6.07) is 9.03. The van der Waals surface area contributed by atoms with Gasteiger partial charge in [0, 0.05) is 17.7 Å². The van der Waals surface area contributed by atoms with Gasteiger partial charge in [-0.1, -0.05) is 57.9 Å². The van der Waals surface area contributed by atoms with Gasteiger partial charge in [-0.15, -0.1) is 0 Å². The molecule has 2 unspecified atom stereocenters. The number of fused-ring (bicyclic) bond motifs is 3. The third kappa shape index (κ3) is 1.71. The summed E-state index contributed by atoms with van der Waals surface area (Å²) >= 11 is 0. The van der Waals surface area contributed by atoms with Crippen LogP contribution in [0.1, 0.15) is 70.4 Å². The van der Waals surface area contributed by atoms with E-state index >= 15 is 0 Å². The minimum Gasteiger partial charge on any atom is -0.289 e. The van der Waals surface area contributed by atoms with Gasteiger partial charge < -0.3 is 0 Å². The van der Waals surface area contributed by atoms with Gasteiger partial charge in [0.1, 0.15) is 0 Å². The largest absolute Gasteiger partial charge is 0.289 e. The number of hydrogen-bond donors (Lipinski definition) is 0. The predicted molar refractivity (Wildman–Crippen MR) is 86.6 cm³/mol. The van der Waals surface area contributed by atoms with E-state index in [4.69, 9.17) is 4.99 Å². The highest BCUT2D eigenvalue weighted by Gasteiger charge is 2.57. The summed E-state index contributed by atoms with van der Waals surface area (Å²) in [5.74, 6) is 0.678. The lowest BCUT2D eigenvalue weighted by molar-refractivity contribution is 0.0948. The molecule has 20 heavy (non-hydrogen) atoms. The van der Waals surface area contributed by atoms with Crippen LogP contribution < -0.4 is 0 Å². The number of aliphatic imine (C=N–C) groups is 1. The van der Waals surface area contributed by atoms with Crippen LogP contribution in [0.5, 0.6) is 0 Å². The molecule has 0 bridgehead atoms. The van der Waals surface area contributed by atoms with Gasteiger partial charge in [-0.2, -0.15) is 0 Å². The SMILES string of the molecule is CCN=C1c2ccccc2C2CCCCC12C(C)(C)C. The molecule has 0 radical (unpaired) electrons. The Hall–Kier alpha value is -1.11. The van der Waals surface area contributed by atoms with E-state index in [0.717, 1.165) is 6.54 Å². The average Bonchev–Trinajstić information content (AvgIpc) is 2.72. The molecule has 108 valence electrons. The van der Waals surface area contributed by atoms with E-state index in [1.54, 1.807) is 5.56 Å². The fraction of sp³-hybridized carbons (Fsp3) is 0.632. The third-order valence-corrected chi connectivity index (χ3v) is 5.58. The topological polar surface area (TPSA) is 12.4 Å². The fourth-order valence-electron chi connectivity index (χ4n) is 4.77.